The summed E-state index contributed by atoms with van der Waals surface area (Å²) in [7, 11) is 0. The summed E-state index contributed by atoms with van der Waals surface area (Å²) < 4.78 is 5.41. The fourth-order valence-electron chi connectivity index (χ4n) is 3.34. The van der Waals surface area contributed by atoms with Gasteiger partial charge < -0.3 is 15.4 Å². The number of hydrogen-bond acceptors (Lipinski definition) is 3. The molecule has 2 aliphatic rings. The second-order valence-electron chi connectivity index (χ2n) is 7.61. The standard InChI is InChI=1S/C19H28ClN3O2/c1-19(2,23-9-11-25-12-10-23)13-21-18(24)22-17(14-3-4-14)15-5-7-16(20)8-6-15/h5-8,14,17H,3-4,9-13H2,1-2H3,(H2,21,22,24). The van der Waals surface area contributed by atoms with Crippen LogP contribution in [0, 0.1) is 5.92 Å². The Balaban J connectivity index is 1.54. The van der Waals surface area contributed by atoms with Crippen LogP contribution in [0.15, 0.2) is 24.3 Å². The van der Waals surface area contributed by atoms with Gasteiger partial charge in [-0.1, -0.05) is 23.7 Å². The molecular weight excluding hydrogens is 338 g/mol. The summed E-state index contributed by atoms with van der Waals surface area (Å²) in [5, 5.41) is 6.93. The number of benzene rings is 1. The summed E-state index contributed by atoms with van der Waals surface area (Å²) in [5.41, 5.74) is 1.03. The number of carbonyl (C=O) groups excluding carboxylic acids is 1. The third-order valence-corrected chi connectivity index (χ3v) is 5.41. The predicted molar refractivity (Wildman–Crippen MR) is 99.9 cm³/mol. The molecule has 0 bridgehead atoms. The number of nitrogens with one attached hydrogen (secondary N) is 2. The molecule has 1 saturated carbocycles. The molecule has 1 heterocycles. The summed E-state index contributed by atoms with van der Waals surface area (Å²) in [6.07, 6.45) is 2.32. The third kappa shape index (κ3) is 5.09. The Kier molecular flexibility index (Phi) is 5.87. The summed E-state index contributed by atoms with van der Waals surface area (Å²) in [6, 6.07) is 7.73. The summed E-state index contributed by atoms with van der Waals surface area (Å²) in [4.78, 5) is 14.8. The lowest BCUT2D eigenvalue weighted by atomic mass is 10.0. The first-order chi connectivity index (χ1) is 12.0. The van der Waals surface area contributed by atoms with Crippen LogP contribution in [0.25, 0.3) is 0 Å². The van der Waals surface area contributed by atoms with Crippen LogP contribution in [0.4, 0.5) is 4.79 Å². The van der Waals surface area contributed by atoms with Crippen molar-refractivity contribution in [3.05, 3.63) is 34.9 Å². The number of urea groups is 1. The van der Waals surface area contributed by atoms with Crippen molar-refractivity contribution < 1.29 is 9.53 Å². The molecule has 1 aromatic rings. The van der Waals surface area contributed by atoms with Crippen molar-refractivity contribution in [2.24, 2.45) is 5.92 Å². The van der Waals surface area contributed by atoms with Gasteiger partial charge in [0.2, 0.25) is 0 Å². The molecule has 1 atom stereocenters. The molecule has 1 aromatic carbocycles. The summed E-state index contributed by atoms with van der Waals surface area (Å²) in [6.45, 7) is 8.27. The average molecular weight is 366 g/mol. The van der Waals surface area contributed by atoms with E-state index in [9.17, 15) is 4.79 Å². The summed E-state index contributed by atoms with van der Waals surface area (Å²) in [5.74, 6) is 0.527. The molecule has 0 radical (unpaired) electrons. The van der Waals surface area contributed by atoms with Gasteiger partial charge in [0, 0.05) is 30.2 Å². The normalized spacial score (nSPS) is 20.1. The fraction of sp³-hybridized carbons (Fsp3) is 0.632. The smallest absolute Gasteiger partial charge is 0.315 e. The molecule has 2 fully saturated rings. The maximum Gasteiger partial charge on any atom is 0.315 e. The second kappa shape index (κ2) is 7.94. The van der Waals surface area contributed by atoms with Crippen molar-refractivity contribution in [2.75, 3.05) is 32.8 Å². The van der Waals surface area contributed by atoms with E-state index in [4.69, 9.17) is 16.3 Å². The van der Waals surface area contributed by atoms with Crippen molar-refractivity contribution in [1.29, 1.82) is 0 Å². The predicted octanol–water partition coefficient (Wildman–Crippen LogP) is 3.20. The van der Waals surface area contributed by atoms with Gasteiger partial charge in [0.1, 0.15) is 0 Å². The van der Waals surface area contributed by atoms with Crippen LogP contribution in [-0.2, 0) is 4.74 Å². The molecule has 1 saturated heterocycles. The minimum atomic E-state index is -0.104. The number of amides is 2. The van der Waals surface area contributed by atoms with Gasteiger partial charge >= 0.3 is 6.03 Å². The van der Waals surface area contributed by atoms with E-state index in [0.29, 0.717) is 12.5 Å². The Bertz CT molecular complexity index is 581. The molecule has 1 unspecified atom stereocenters. The van der Waals surface area contributed by atoms with Crippen molar-refractivity contribution in [3.63, 3.8) is 0 Å². The highest BCUT2D eigenvalue weighted by Crippen LogP contribution is 2.41. The zero-order chi connectivity index (χ0) is 17.9. The third-order valence-electron chi connectivity index (χ3n) is 5.16. The number of ether oxygens (including phenoxy) is 1. The van der Waals surface area contributed by atoms with E-state index in [2.05, 4.69) is 29.4 Å². The fourth-order valence-corrected chi connectivity index (χ4v) is 3.47. The average Bonchev–Trinajstić information content (AvgIpc) is 3.45. The quantitative estimate of drug-likeness (QED) is 0.814. The van der Waals surface area contributed by atoms with Gasteiger partial charge in [0.05, 0.1) is 19.3 Å². The van der Waals surface area contributed by atoms with E-state index < -0.39 is 0 Å². The zero-order valence-corrected chi connectivity index (χ0v) is 15.8. The van der Waals surface area contributed by atoms with E-state index in [0.717, 1.165) is 49.7 Å². The Hall–Kier alpha value is -1.30. The highest BCUT2D eigenvalue weighted by Gasteiger charge is 2.34. The number of carbonyl (C=O) groups is 1. The van der Waals surface area contributed by atoms with Crippen molar-refractivity contribution in [2.45, 2.75) is 38.3 Å². The topological polar surface area (TPSA) is 53.6 Å². The van der Waals surface area contributed by atoms with Crippen molar-refractivity contribution in [1.82, 2.24) is 15.5 Å². The van der Waals surface area contributed by atoms with Gasteiger partial charge in [-0.15, -0.1) is 0 Å². The van der Waals surface area contributed by atoms with Gasteiger partial charge in [-0.3, -0.25) is 4.90 Å². The highest BCUT2D eigenvalue weighted by atomic mass is 35.5. The lowest BCUT2D eigenvalue weighted by Gasteiger charge is -2.40. The van der Waals surface area contributed by atoms with Crippen LogP contribution in [0.3, 0.4) is 0 Å². The molecule has 25 heavy (non-hydrogen) atoms. The van der Waals surface area contributed by atoms with Crippen LogP contribution < -0.4 is 10.6 Å². The van der Waals surface area contributed by atoms with Crippen LogP contribution in [0.2, 0.25) is 5.02 Å². The molecule has 6 heteroatoms. The molecule has 3 rings (SSSR count). The van der Waals surface area contributed by atoms with Gasteiger partial charge in [0.15, 0.2) is 0 Å². The maximum absolute atomic E-state index is 12.5. The Morgan fingerprint density at radius 3 is 2.52 bits per heavy atom. The molecule has 5 nitrogen and oxygen atoms in total. The molecule has 2 amide bonds. The van der Waals surface area contributed by atoms with Crippen molar-refractivity contribution >= 4 is 17.6 Å². The van der Waals surface area contributed by atoms with Crippen LogP contribution in [-0.4, -0.2) is 49.3 Å². The molecule has 0 spiro atoms. The number of hydrogen-bond donors (Lipinski definition) is 2. The maximum atomic E-state index is 12.5. The molecule has 0 aromatic heterocycles. The highest BCUT2D eigenvalue weighted by molar-refractivity contribution is 6.30. The first-order valence-corrected chi connectivity index (χ1v) is 9.46. The van der Waals surface area contributed by atoms with Crippen molar-refractivity contribution in [3.8, 4) is 0 Å². The Labute approximate surface area is 155 Å². The number of halogens is 1. The van der Waals surface area contributed by atoms with E-state index >= 15 is 0 Å². The minimum absolute atomic E-state index is 0.0590. The number of nitrogens with zero attached hydrogens (tertiary/aromatic N) is 1. The molecule has 2 N–H and O–H groups in total. The largest absolute Gasteiger partial charge is 0.379 e. The summed E-state index contributed by atoms with van der Waals surface area (Å²) >= 11 is 5.98. The van der Waals surface area contributed by atoms with Crippen LogP contribution in [0.5, 0.6) is 0 Å². The van der Waals surface area contributed by atoms with Crippen LogP contribution >= 0.6 is 11.6 Å². The first kappa shape index (κ1) is 18.5. The molecular formula is C19H28ClN3O2. The monoisotopic (exact) mass is 365 g/mol. The second-order valence-corrected chi connectivity index (χ2v) is 8.04. The first-order valence-electron chi connectivity index (χ1n) is 9.08. The van der Waals surface area contributed by atoms with Gasteiger partial charge in [0.25, 0.3) is 0 Å². The minimum Gasteiger partial charge on any atom is -0.379 e. The molecule has 1 aliphatic heterocycles. The molecule has 138 valence electrons. The van der Waals surface area contributed by atoms with E-state index in [1.54, 1.807) is 0 Å². The number of rotatable bonds is 6. The molecule has 1 aliphatic carbocycles. The van der Waals surface area contributed by atoms with Gasteiger partial charge in [-0.05, 0) is 50.3 Å². The number of morpholine rings is 1. The SMILES string of the molecule is CC(C)(CNC(=O)NC(c1ccc(Cl)cc1)C1CC1)N1CCOCC1. The van der Waals surface area contributed by atoms with Crippen LogP contribution in [0.1, 0.15) is 38.3 Å². The lowest BCUT2D eigenvalue weighted by molar-refractivity contribution is -0.00877. The Morgan fingerprint density at radius 2 is 1.92 bits per heavy atom. The zero-order valence-electron chi connectivity index (χ0n) is 15.1. The van der Waals surface area contributed by atoms with E-state index in [1.165, 1.54) is 0 Å². The van der Waals surface area contributed by atoms with E-state index in [-0.39, 0.29) is 17.6 Å². The van der Waals surface area contributed by atoms with Gasteiger partial charge in [-0.25, -0.2) is 4.79 Å². The van der Waals surface area contributed by atoms with Gasteiger partial charge in [-0.2, -0.15) is 0 Å². The Morgan fingerprint density at radius 1 is 1.28 bits per heavy atom. The lowest BCUT2D eigenvalue weighted by Crippen LogP contribution is -2.56. The van der Waals surface area contributed by atoms with E-state index in [1.807, 2.05) is 24.3 Å².